The van der Waals surface area contributed by atoms with Gasteiger partial charge in [-0.1, -0.05) is 30.3 Å². The van der Waals surface area contributed by atoms with Gasteiger partial charge >= 0.3 is 0 Å². The van der Waals surface area contributed by atoms with E-state index in [0.29, 0.717) is 19.6 Å². The van der Waals surface area contributed by atoms with E-state index in [1.54, 1.807) is 0 Å². The van der Waals surface area contributed by atoms with Gasteiger partial charge in [-0.3, -0.25) is 4.79 Å². The SMILES string of the molecule is O=C1COCC(c2ccccc2)C1. The van der Waals surface area contributed by atoms with Crippen molar-refractivity contribution in [3.05, 3.63) is 35.9 Å². The highest BCUT2D eigenvalue weighted by molar-refractivity contribution is 5.81. The molecule has 13 heavy (non-hydrogen) atoms. The Morgan fingerprint density at radius 3 is 2.69 bits per heavy atom. The quantitative estimate of drug-likeness (QED) is 0.651. The molecule has 1 aromatic carbocycles. The minimum absolute atomic E-state index is 0.208. The Morgan fingerprint density at radius 2 is 2.00 bits per heavy atom. The number of benzene rings is 1. The van der Waals surface area contributed by atoms with Crippen molar-refractivity contribution in [1.29, 1.82) is 0 Å². The van der Waals surface area contributed by atoms with Crippen LogP contribution in [0.25, 0.3) is 0 Å². The molecule has 0 aromatic heterocycles. The smallest absolute Gasteiger partial charge is 0.159 e. The Hall–Kier alpha value is -1.15. The van der Waals surface area contributed by atoms with Crippen molar-refractivity contribution in [1.82, 2.24) is 0 Å². The fourth-order valence-electron chi connectivity index (χ4n) is 1.65. The normalized spacial score (nSPS) is 23.1. The van der Waals surface area contributed by atoms with Crippen molar-refractivity contribution in [3.8, 4) is 0 Å². The molecule has 68 valence electrons. The minimum atomic E-state index is 0.208. The van der Waals surface area contributed by atoms with E-state index in [1.165, 1.54) is 5.56 Å². The summed E-state index contributed by atoms with van der Waals surface area (Å²) in [7, 11) is 0. The summed E-state index contributed by atoms with van der Waals surface area (Å²) < 4.78 is 5.20. The highest BCUT2D eigenvalue weighted by atomic mass is 16.5. The second-order valence-corrected chi connectivity index (χ2v) is 3.37. The Bertz CT molecular complexity index is 292. The lowest BCUT2D eigenvalue weighted by molar-refractivity contribution is -0.128. The van der Waals surface area contributed by atoms with Crippen molar-refractivity contribution in [2.24, 2.45) is 0 Å². The van der Waals surface area contributed by atoms with Gasteiger partial charge in [0.2, 0.25) is 0 Å². The van der Waals surface area contributed by atoms with Crippen molar-refractivity contribution >= 4 is 5.78 Å². The van der Waals surface area contributed by atoms with Gasteiger partial charge in [0.15, 0.2) is 5.78 Å². The van der Waals surface area contributed by atoms with Crippen LogP contribution in [0.3, 0.4) is 0 Å². The lowest BCUT2D eigenvalue weighted by Crippen LogP contribution is -2.23. The first-order chi connectivity index (χ1) is 6.36. The first kappa shape index (κ1) is 8.45. The van der Waals surface area contributed by atoms with Crippen LogP contribution >= 0.6 is 0 Å². The first-order valence-electron chi connectivity index (χ1n) is 4.50. The Balaban J connectivity index is 2.13. The van der Waals surface area contributed by atoms with Gasteiger partial charge in [0.05, 0.1) is 6.61 Å². The zero-order valence-electron chi connectivity index (χ0n) is 7.40. The van der Waals surface area contributed by atoms with E-state index < -0.39 is 0 Å². The highest BCUT2D eigenvalue weighted by Crippen LogP contribution is 2.22. The average molecular weight is 176 g/mol. The van der Waals surface area contributed by atoms with E-state index in [0.717, 1.165) is 0 Å². The van der Waals surface area contributed by atoms with Gasteiger partial charge in [-0.25, -0.2) is 0 Å². The van der Waals surface area contributed by atoms with Crippen LogP contribution in [-0.4, -0.2) is 19.0 Å². The summed E-state index contributed by atoms with van der Waals surface area (Å²) in [5.74, 6) is 0.475. The molecule has 0 bridgehead atoms. The molecule has 1 heterocycles. The summed E-state index contributed by atoms with van der Waals surface area (Å²) in [6.45, 7) is 0.971. The van der Waals surface area contributed by atoms with Crippen molar-refractivity contribution in [2.75, 3.05) is 13.2 Å². The zero-order chi connectivity index (χ0) is 9.10. The molecule has 0 aliphatic carbocycles. The van der Waals surface area contributed by atoms with Gasteiger partial charge in [-0.05, 0) is 5.56 Å². The van der Waals surface area contributed by atoms with Crippen LogP contribution < -0.4 is 0 Å². The van der Waals surface area contributed by atoms with Crippen LogP contribution in [0, 0.1) is 0 Å². The van der Waals surface area contributed by atoms with Crippen LogP contribution in [-0.2, 0) is 9.53 Å². The van der Waals surface area contributed by atoms with Crippen molar-refractivity contribution < 1.29 is 9.53 Å². The maximum Gasteiger partial charge on any atom is 0.159 e. The zero-order valence-corrected chi connectivity index (χ0v) is 7.40. The number of ether oxygens (including phenoxy) is 1. The van der Waals surface area contributed by atoms with Gasteiger partial charge < -0.3 is 4.74 Å². The lowest BCUT2D eigenvalue weighted by Gasteiger charge is -2.21. The average Bonchev–Trinajstić information content (AvgIpc) is 2.19. The number of carbonyl (C=O) groups is 1. The predicted octanol–water partition coefficient (Wildman–Crippen LogP) is 1.76. The second kappa shape index (κ2) is 3.71. The Kier molecular flexibility index (Phi) is 2.41. The summed E-state index contributed by atoms with van der Waals surface area (Å²) in [5.41, 5.74) is 1.20. The molecule has 1 aliphatic heterocycles. The molecule has 1 aromatic rings. The lowest BCUT2D eigenvalue weighted by atomic mass is 9.93. The van der Waals surface area contributed by atoms with Crippen LogP contribution in [0.15, 0.2) is 30.3 Å². The van der Waals surface area contributed by atoms with E-state index in [4.69, 9.17) is 4.74 Å². The van der Waals surface area contributed by atoms with Crippen LogP contribution in [0.2, 0.25) is 0 Å². The Morgan fingerprint density at radius 1 is 1.23 bits per heavy atom. The molecule has 1 saturated heterocycles. The number of hydrogen-bond donors (Lipinski definition) is 0. The second-order valence-electron chi connectivity index (χ2n) is 3.37. The molecule has 0 saturated carbocycles. The van der Waals surface area contributed by atoms with E-state index >= 15 is 0 Å². The van der Waals surface area contributed by atoms with Crippen molar-refractivity contribution in [3.63, 3.8) is 0 Å². The number of carbonyl (C=O) groups excluding carboxylic acids is 1. The maximum absolute atomic E-state index is 11.1. The largest absolute Gasteiger partial charge is 0.373 e. The maximum atomic E-state index is 11.1. The van der Waals surface area contributed by atoms with E-state index in [-0.39, 0.29) is 11.7 Å². The fraction of sp³-hybridized carbons (Fsp3) is 0.364. The topological polar surface area (TPSA) is 26.3 Å². The molecule has 2 rings (SSSR count). The van der Waals surface area contributed by atoms with Gasteiger partial charge in [0.1, 0.15) is 6.61 Å². The predicted molar refractivity (Wildman–Crippen MR) is 49.6 cm³/mol. The van der Waals surface area contributed by atoms with Gasteiger partial charge in [0, 0.05) is 12.3 Å². The van der Waals surface area contributed by atoms with Crippen LogP contribution in [0.4, 0.5) is 0 Å². The highest BCUT2D eigenvalue weighted by Gasteiger charge is 2.20. The van der Waals surface area contributed by atoms with Gasteiger partial charge in [0.25, 0.3) is 0 Å². The van der Waals surface area contributed by atoms with E-state index in [2.05, 4.69) is 0 Å². The van der Waals surface area contributed by atoms with Gasteiger partial charge in [-0.2, -0.15) is 0 Å². The molecule has 0 spiro atoms. The van der Waals surface area contributed by atoms with E-state index in [1.807, 2.05) is 30.3 Å². The summed E-state index contributed by atoms with van der Waals surface area (Å²) in [5, 5.41) is 0. The summed E-state index contributed by atoms with van der Waals surface area (Å²) >= 11 is 0. The molecule has 0 radical (unpaired) electrons. The number of ketones is 1. The number of rotatable bonds is 1. The Labute approximate surface area is 77.5 Å². The fourth-order valence-corrected chi connectivity index (χ4v) is 1.65. The van der Waals surface area contributed by atoms with Crippen LogP contribution in [0.1, 0.15) is 17.9 Å². The van der Waals surface area contributed by atoms with Crippen LogP contribution in [0.5, 0.6) is 0 Å². The standard InChI is InChI=1S/C11H12O2/c12-11-6-10(7-13-8-11)9-4-2-1-3-5-9/h1-5,10H,6-8H2. The summed E-state index contributed by atoms with van der Waals surface area (Å²) in [4.78, 5) is 11.1. The molecule has 2 heteroatoms. The molecule has 1 atom stereocenters. The van der Waals surface area contributed by atoms with Gasteiger partial charge in [-0.15, -0.1) is 0 Å². The molecule has 1 unspecified atom stereocenters. The molecule has 1 aliphatic rings. The molecule has 0 amide bonds. The molecule has 1 fully saturated rings. The summed E-state index contributed by atoms with van der Waals surface area (Å²) in [6, 6.07) is 10.1. The van der Waals surface area contributed by atoms with E-state index in [9.17, 15) is 4.79 Å². The monoisotopic (exact) mass is 176 g/mol. The van der Waals surface area contributed by atoms with Crippen molar-refractivity contribution in [2.45, 2.75) is 12.3 Å². The third kappa shape index (κ3) is 1.95. The molecule has 0 N–H and O–H groups in total. The number of Topliss-reactive ketones (excluding diaryl/α,β-unsaturated/α-hetero) is 1. The molecular weight excluding hydrogens is 164 g/mol. The molecule has 2 nitrogen and oxygen atoms in total. The summed E-state index contributed by atoms with van der Waals surface area (Å²) in [6.07, 6.45) is 0.629. The molecular formula is C11H12O2. The first-order valence-corrected chi connectivity index (χ1v) is 4.50. The third-order valence-corrected chi connectivity index (χ3v) is 2.33. The third-order valence-electron chi connectivity index (χ3n) is 2.33. The number of hydrogen-bond acceptors (Lipinski definition) is 2. The minimum Gasteiger partial charge on any atom is -0.373 e.